The van der Waals surface area contributed by atoms with Crippen molar-refractivity contribution in [1.82, 2.24) is 9.80 Å². The summed E-state index contributed by atoms with van der Waals surface area (Å²) < 4.78 is 0. The van der Waals surface area contributed by atoms with E-state index in [0.717, 1.165) is 6.08 Å². The highest BCUT2D eigenvalue weighted by molar-refractivity contribution is 5.90. The molecule has 1 aromatic carbocycles. The molecule has 1 atom stereocenters. The summed E-state index contributed by atoms with van der Waals surface area (Å²) in [5.74, 6) is -0.625. The van der Waals surface area contributed by atoms with Crippen LogP contribution in [0, 0.1) is 11.3 Å². The number of hydrogen-bond donors (Lipinski definition) is 1. The van der Waals surface area contributed by atoms with Crippen LogP contribution >= 0.6 is 0 Å². The molecule has 22 heavy (non-hydrogen) atoms. The molecular weight excluding hydrogens is 282 g/mol. The van der Waals surface area contributed by atoms with Crippen LogP contribution in [0.25, 0.3) is 0 Å². The maximum absolute atomic E-state index is 12.0. The second-order valence-electron chi connectivity index (χ2n) is 4.92. The number of amides is 2. The molecule has 0 fully saturated rings. The molecule has 1 N–H and O–H groups in total. The van der Waals surface area contributed by atoms with Gasteiger partial charge in [0, 0.05) is 14.1 Å². The molecule has 116 valence electrons. The van der Waals surface area contributed by atoms with Crippen molar-refractivity contribution in [3.05, 3.63) is 48.0 Å². The van der Waals surface area contributed by atoms with Crippen molar-refractivity contribution < 1.29 is 14.7 Å². The van der Waals surface area contributed by atoms with Crippen molar-refractivity contribution in [2.45, 2.75) is 6.10 Å². The number of nitriles is 1. The van der Waals surface area contributed by atoms with E-state index in [1.165, 1.54) is 16.8 Å². The van der Waals surface area contributed by atoms with Crippen molar-refractivity contribution in [2.24, 2.45) is 0 Å². The van der Waals surface area contributed by atoms with E-state index in [1.807, 2.05) is 6.07 Å². The minimum absolute atomic E-state index is 0.0819. The zero-order valence-electron chi connectivity index (χ0n) is 12.7. The summed E-state index contributed by atoms with van der Waals surface area (Å²) in [7, 11) is 3.06. The zero-order chi connectivity index (χ0) is 16.7. The maximum Gasteiger partial charge on any atom is 0.246 e. The molecule has 0 aromatic heterocycles. The topological polar surface area (TPSA) is 84.6 Å². The largest absolute Gasteiger partial charge is 0.387 e. The number of benzene rings is 1. The molecule has 6 nitrogen and oxygen atoms in total. The Kier molecular flexibility index (Phi) is 6.29. The Morgan fingerprint density at radius 3 is 2.41 bits per heavy atom. The molecule has 0 saturated carbocycles. The van der Waals surface area contributed by atoms with Crippen LogP contribution in [0.2, 0.25) is 0 Å². The fourth-order valence-corrected chi connectivity index (χ4v) is 1.80. The first-order valence-electron chi connectivity index (χ1n) is 6.68. The first-order valence-corrected chi connectivity index (χ1v) is 6.68. The van der Waals surface area contributed by atoms with Gasteiger partial charge in [-0.15, -0.1) is 0 Å². The van der Waals surface area contributed by atoms with Crippen LogP contribution in [0.1, 0.15) is 17.2 Å². The van der Waals surface area contributed by atoms with Crippen LogP contribution in [-0.2, 0) is 9.59 Å². The normalized spacial score (nSPS) is 11.2. The molecule has 0 spiro atoms. The number of nitrogens with zero attached hydrogens (tertiary/aromatic N) is 3. The number of aliphatic hydroxyl groups is 1. The highest BCUT2D eigenvalue weighted by atomic mass is 16.3. The fourth-order valence-electron chi connectivity index (χ4n) is 1.80. The zero-order valence-corrected chi connectivity index (χ0v) is 12.7. The summed E-state index contributed by atoms with van der Waals surface area (Å²) in [4.78, 5) is 25.9. The van der Waals surface area contributed by atoms with Crippen LogP contribution in [-0.4, -0.2) is 53.9 Å². The van der Waals surface area contributed by atoms with Gasteiger partial charge in [0.1, 0.15) is 0 Å². The second-order valence-corrected chi connectivity index (χ2v) is 4.92. The lowest BCUT2D eigenvalue weighted by Crippen LogP contribution is -2.40. The monoisotopic (exact) mass is 301 g/mol. The fraction of sp³-hybridized carbons (Fsp3) is 0.312. The highest BCUT2D eigenvalue weighted by Gasteiger charge is 2.17. The summed E-state index contributed by atoms with van der Waals surface area (Å²) in [6, 6.07) is 8.51. The van der Waals surface area contributed by atoms with Crippen molar-refractivity contribution in [3.8, 4) is 6.07 Å². The van der Waals surface area contributed by atoms with E-state index < -0.39 is 6.10 Å². The van der Waals surface area contributed by atoms with Crippen LogP contribution in [0.5, 0.6) is 0 Å². The quantitative estimate of drug-likeness (QED) is 0.784. The Bertz CT molecular complexity index is 590. The minimum Gasteiger partial charge on any atom is -0.387 e. The first-order chi connectivity index (χ1) is 10.4. The van der Waals surface area contributed by atoms with Crippen molar-refractivity contribution in [3.63, 3.8) is 0 Å². The van der Waals surface area contributed by atoms with Crippen LogP contribution < -0.4 is 0 Å². The third-order valence-electron chi connectivity index (χ3n) is 3.22. The predicted molar refractivity (Wildman–Crippen MR) is 81.6 cm³/mol. The molecule has 1 aromatic rings. The number of carbonyl (C=O) groups is 2. The molecule has 1 rings (SSSR count). The van der Waals surface area contributed by atoms with Crippen molar-refractivity contribution >= 4 is 11.8 Å². The van der Waals surface area contributed by atoms with Crippen LogP contribution in [0.4, 0.5) is 0 Å². The van der Waals surface area contributed by atoms with Gasteiger partial charge in [0.25, 0.3) is 0 Å². The number of aliphatic hydroxyl groups excluding tert-OH is 1. The lowest BCUT2D eigenvalue weighted by Gasteiger charge is -2.23. The van der Waals surface area contributed by atoms with E-state index in [4.69, 9.17) is 5.26 Å². The van der Waals surface area contributed by atoms with Crippen molar-refractivity contribution in [1.29, 1.82) is 5.26 Å². The average Bonchev–Trinajstić information content (AvgIpc) is 2.53. The molecule has 0 saturated heterocycles. The summed E-state index contributed by atoms with van der Waals surface area (Å²) in [5.41, 5.74) is 1.12. The first kappa shape index (κ1) is 17.4. The number of carbonyl (C=O) groups excluding carboxylic acids is 2. The summed E-state index contributed by atoms with van der Waals surface area (Å²) in [6.07, 6.45) is 0.279. The van der Waals surface area contributed by atoms with E-state index in [-0.39, 0.29) is 24.9 Å². The smallest absolute Gasteiger partial charge is 0.246 e. The van der Waals surface area contributed by atoms with E-state index in [2.05, 4.69) is 6.58 Å². The van der Waals surface area contributed by atoms with Gasteiger partial charge in [-0.25, -0.2) is 0 Å². The Morgan fingerprint density at radius 1 is 1.32 bits per heavy atom. The summed E-state index contributed by atoms with van der Waals surface area (Å²) in [5, 5.41) is 18.8. The average molecular weight is 301 g/mol. The third kappa shape index (κ3) is 4.72. The predicted octanol–water partition coefficient (Wildman–Crippen LogP) is 0.694. The summed E-state index contributed by atoms with van der Waals surface area (Å²) in [6.45, 7) is 3.37. The number of rotatable bonds is 6. The van der Waals surface area contributed by atoms with Gasteiger partial charge >= 0.3 is 0 Å². The lowest BCUT2D eigenvalue weighted by atomic mass is 10.1. The molecule has 2 amide bonds. The minimum atomic E-state index is -0.859. The van der Waals surface area contributed by atoms with Gasteiger partial charge in [0.05, 0.1) is 30.8 Å². The molecule has 0 aliphatic heterocycles. The number of likely N-dealkylation sites (N-methyl/N-ethyl adjacent to an activating group) is 2. The Balaban J connectivity index is 2.60. The van der Waals surface area contributed by atoms with E-state index >= 15 is 0 Å². The maximum atomic E-state index is 12.0. The van der Waals surface area contributed by atoms with Gasteiger partial charge in [-0.3, -0.25) is 9.59 Å². The molecule has 0 radical (unpaired) electrons. The standard InChI is InChI=1S/C16H19N3O3/c1-4-15(21)19(3)11-16(22)18(2)10-14(20)13-7-5-12(9-17)6-8-13/h4-8,14,20H,1,10-11H2,2-3H3. The Labute approximate surface area is 129 Å². The Hall–Kier alpha value is -2.65. The van der Waals surface area contributed by atoms with E-state index in [9.17, 15) is 14.7 Å². The number of hydrogen-bond acceptors (Lipinski definition) is 4. The lowest BCUT2D eigenvalue weighted by molar-refractivity contribution is -0.137. The highest BCUT2D eigenvalue weighted by Crippen LogP contribution is 2.14. The molecule has 0 heterocycles. The molecule has 6 heteroatoms. The molecular formula is C16H19N3O3. The Morgan fingerprint density at radius 2 is 1.91 bits per heavy atom. The third-order valence-corrected chi connectivity index (χ3v) is 3.22. The summed E-state index contributed by atoms with van der Waals surface area (Å²) >= 11 is 0. The van der Waals surface area contributed by atoms with Gasteiger partial charge in [0.15, 0.2) is 0 Å². The van der Waals surface area contributed by atoms with Gasteiger partial charge in [-0.1, -0.05) is 18.7 Å². The second kappa shape index (κ2) is 7.96. The van der Waals surface area contributed by atoms with E-state index in [1.54, 1.807) is 31.3 Å². The molecule has 0 aliphatic rings. The molecule has 0 bridgehead atoms. The van der Waals surface area contributed by atoms with E-state index in [0.29, 0.717) is 11.1 Å². The molecule has 0 aliphatic carbocycles. The van der Waals surface area contributed by atoms with Crippen LogP contribution in [0.15, 0.2) is 36.9 Å². The SMILES string of the molecule is C=CC(=O)N(C)CC(=O)N(C)CC(O)c1ccc(C#N)cc1. The van der Waals surface area contributed by atoms with Gasteiger partial charge in [-0.2, -0.15) is 5.26 Å². The molecule has 1 unspecified atom stereocenters. The van der Waals surface area contributed by atoms with Gasteiger partial charge in [0.2, 0.25) is 11.8 Å². The van der Waals surface area contributed by atoms with Gasteiger partial charge < -0.3 is 14.9 Å². The van der Waals surface area contributed by atoms with Gasteiger partial charge in [-0.05, 0) is 23.8 Å². The van der Waals surface area contributed by atoms with Crippen LogP contribution in [0.3, 0.4) is 0 Å². The van der Waals surface area contributed by atoms with Crippen molar-refractivity contribution in [2.75, 3.05) is 27.2 Å².